The van der Waals surface area contributed by atoms with E-state index in [1.807, 2.05) is 18.3 Å². The Morgan fingerprint density at radius 3 is 2.94 bits per heavy atom. The third-order valence-corrected chi connectivity index (χ3v) is 7.02. The molecule has 4 heterocycles. The predicted molar refractivity (Wildman–Crippen MR) is 128 cm³/mol. The average Bonchev–Trinajstić information content (AvgIpc) is 3.43. The van der Waals surface area contributed by atoms with Gasteiger partial charge >= 0.3 is 0 Å². The number of piperidine rings is 1. The summed E-state index contributed by atoms with van der Waals surface area (Å²) in [5.74, 6) is 1.58. The second kappa shape index (κ2) is 9.55. The van der Waals surface area contributed by atoms with Crippen LogP contribution in [-0.4, -0.2) is 58.6 Å². The van der Waals surface area contributed by atoms with Crippen molar-refractivity contribution in [3.8, 4) is 11.3 Å². The Bertz CT molecular complexity index is 1010. The third-order valence-electron chi connectivity index (χ3n) is 6.74. The molecule has 0 amide bonds. The molecule has 1 aromatic carbocycles. The normalized spacial score (nSPS) is 20.5. The number of aromatic amines is 1. The number of halogens is 1. The average molecular weight is 439 g/mol. The quantitative estimate of drug-likeness (QED) is 0.505. The molecule has 3 N–H and O–H groups in total. The van der Waals surface area contributed by atoms with Crippen LogP contribution in [0, 0.1) is 5.92 Å². The Morgan fingerprint density at radius 2 is 2.03 bits per heavy atom. The Balaban J connectivity index is 1.19. The van der Waals surface area contributed by atoms with Gasteiger partial charge in [-0.15, -0.1) is 0 Å². The Hall–Kier alpha value is -2.15. The molecule has 1 atom stereocenters. The Labute approximate surface area is 188 Å². The van der Waals surface area contributed by atoms with Crippen molar-refractivity contribution in [1.82, 2.24) is 25.2 Å². The van der Waals surface area contributed by atoms with Crippen LogP contribution in [0.2, 0.25) is 5.02 Å². The summed E-state index contributed by atoms with van der Waals surface area (Å²) < 4.78 is 0. The molecule has 7 heteroatoms. The van der Waals surface area contributed by atoms with Gasteiger partial charge in [0.15, 0.2) is 0 Å². The molecular formula is C24H31ClN6. The maximum absolute atomic E-state index is 6.47. The number of aromatic nitrogens is 3. The molecule has 0 radical (unpaired) electrons. The highest BCUT2D eigenvalue weighted by Crippen LogP contribution is 2.32. The van der Waals surface area contributed by atoms with Crippen LogP contribution in [0.3, 0.4) is 0 Å². The number of nitrogens with zero attached hydrogens (tertiary/aromatic N) is 3. The van der Waals surface area contributed by atoms with E-state index in [4.69, 9.17) is 16.6 Å². The predicted octanol–water partition coefficient (Wildman–Crippen LogP) is 4.54. The highest BCUT2D eigenvalue weighted by Gasteiger charge is 2.24. The topological polar surface area (TPSA) is 68.9 Å². The molecule has 164 valence electrons. The van der Waals surface area contributed by atoms with Gasteiger partial charge < -0.3 is 20.5 Å². The minimum Gasteiger partial charge on any atom is -0.360 e. The number of hydrogen-bond acceptors (Lipinski definition) is 5. The van der Waals surface area contributed by atoms with Crippen LogP contribution in [0.25, 0.3) is 22.2 Å². The Morgan fingerprint density at radius 1 is 1.16 bits per heavy atom. The van der Waals surface area contributed by atoms with Crippen LogP contribution in [0.5, 0.6) is 0 Å². The van der Waals surface area contributed by atoms with Crippen molar-refractivity contribution in [1.29, 1.82) is 0 Å². The molecule has 3 aromatic rings. The summed E-state index contributed by atoms with van der Waals surface area (Å²) in [5, 5.41) is 8.70. The van der Waals surface area contributed by atoms with Gasteiger partial charge in [-0.1, -0.05) is 29.8 Å². The lowest BCUT2D eigenvalue weighted by Crippen LogP contribution is -2.29. The molecule has 0 bridgehead atoms. The number of rotatable bonds is 7. The van der Waals surface area contributed by atoms with Gasteiger partial charge in [-0.25, -0.2) is 9.97 Å². The highest BCUT2D eigenvalue weighted by atomic mass is 35.5. The summed E-state index contributed by atoms with van der Waals surface area (Å²) in [6.07, 6.45) is 10.2. The van der Waals surface area contributed by atoms with Gasteiger partial charge in [-0.05, 0) is 63.7 Å². The van der Waals surface area contributed by atoms with E-state index in [-0.39, 0.29) is 0 Å². The van der Waals surface area contributed by atoms with Crippen LogP contribution in [0.15, 0.2) is 36.7 Å². The summed E-state index contributed by atoms with van der Waals surface area (Å²) in [4.78, 5) is 15.1. The van der Waals surface area contributed by atoms with E-state index >= 15 is 0 Å². The minimum atomic E-state index is 0.385. The molecule has 0 saturated carbocycles. The molecule has 1 unspecified atom stereocenters. The van der Waals surface area contributed by atoms with Crippen molar-refractivity contribution in [2.45, 2.75) is 38.1 Å². The van der Waals surface area contributed by atoms with E-state index in [9.17, 15) is 0 Å². The maximum atomic E-state index is 6.47. The fraction of sp³-hybridized carbons (Fsp3) is 0.500. The number of anilines is 1. The standard InChI is InChI=1S/C24H31ClN6/c25-21-15-28-24(30-23(21)20-14-27-22-6-2-1-5-19(20)22)29-18-9-13-31(16-18)12-3-4-17-7-10-26-11-8-17/h1-2,5-6,14-15,17-18,26-27H,3-4,7-13,16H2,(H,28,29,30). The number of nitrogens with one attached hydrogen (secondary N) is 3. The lowest BCUT2D eigenvalue weighted by molar-refractivity contribution is 0.291. The van der Waals surface area contributed by atoms with Gasteiger partial charge in [0.2, 0.25) is 5.95 Å². The second-order valence-corrected chi connectivity index (χ2v) is 9.31. The van der Waals surface area contributed by atoms with E-state index in [2.05, 4.69) is 37.6 Å². The van der Waals surface area contributed by atoms with Gasteiger partial charge in [-0.3, -0.25) is 0 Å². The summed E-state index contributed by atoms with van der Waals surface area (Å²) in [5.41, 5.74) is 2.86. The van der Waals surface area contributed by atoms with E-state index < -0.39 is 0 Å². The zero-order valence-corrected chi connectivity index (χ0v) is 18.7. The molecule has 0 aliphatic carbocycles. The van der Waals surface area contributed by atoms with E-state index in [1.54, 1.807) is 6.20 Å². The molecule has 31 heavy (non-hydrogen) atoms. The van der Waals surface area contributed by atoms with Crippen LogP contribution in [0.1, 0.15) is 32.1 Å². The zero-order valence-electron chi connectivity index (χ0n) is 17.9. The van der Waals surface area contributed by atoms with Gasteiger partial charge in [0.05, 0.1) is 16.9 Å². The van der Waals surface area contributed by atoms with Crippen LogP contribution in [-0.2, 0) is 0 Å². The number of H-pyrrole nitrogens is 1. The van der Waals surface area contributed by atoms with Gasteiger partial charge in [0, 0.05) is 41.8 Å². The minimum absolute atomic E-state index is 0.385. The highest BCUT2D eigenvalue weighted by molar-refractivity contribution is 6.33. The first-order valence-electron chi connectivity index (χ1n) is 11.5. The molecule has 2 aliphatic heterocycles. The van der Waals surface area contributed by atoms with Crippen molar-refractivity contribution < 1.29 is 0 Å². The van der Waals surface area contributed by atoms with Gasteiger partial charge in [0.1, 0.15) is 0 Å². The molecule has 0 spiro atoms. The van der Waals surface area contributed by atoms with Crippen molar-refractivity contribution in [2.75, 3.05) is 38.0 Å². The largest absolute Gasteiger partial charge is 0.360 e. The zero-order chi connectivity index (χ0) is 21.0. The number of para-hydroxylation sites is 1. The second-order valence-electron chi connectivity index (χ2n) is 8.90. The SMILES string of the molecule is Clc1cnc(NC2CCN(CCCC3CCNCC3)C2)nc1-c1c[nH]c2ccccc12. The molecule has 2 saturated heterocycles. The number of fused-ring (bicyclic) bond motifs is 1. The van der Waals surface area contributed by atoms with Crippen LogP contribution < -0.4 is 10.6 Å². The van der Waals surface area contributed by atoms with Crippen molar-refractivity contribution >= 4 is 28.5 Å². The van der Waals surface area contributed by atoms with E-state index in [1.165, 1.54) is 45.3 Å². The first-order valence-corrected chi connectivity index (χ1v) is 11.9. The molecule has 5 rings (SSSR count). The first-order chi connectivity index (χ1) is 15.3. The number of benzene rings is 1. The summed E-state index contributed by atoms with van der Waals surface area (Å²) >= 11 is 6.47. The summed E-state index contributed by atoms with van der Waals surface area (Å²) in [7, 11) is 0. The summed E-state index contributed by atoms with van der Waals surface area (Å²) in [6.45, 7) is 5.79. The van der Waals surface area contributed by atoms with Crippen LogP contribution in [0.4, 0.5) is 5.95 Å². The molecule has 2 aliphatic rings. The van der Waals surface area contributed by atoms with Gasteiger partial charge in [-0.2, -0.15) is 0 Å². The fourth-order valence-corrected chi connectivity index (χ4v) is 5.20. The number of likely N-dealkylation sites (tertiary alicyclic amines) is 1. The van der Waals surface area contributed by atoms with Gasteiger partial charge in [0.25, 0.3) is 0 Å². The summed E-state index contributed by atoms with van der Waals surface area (Å²) in [6, 6.07) is 8.59. The fourth-order valence-electron chi connectivity index (χ4n) is 5.00. The molecule has 2 aromatic heterocycles. The Kier molecular flexibility index (Phi) is 6.39. The first kappa shape index (κ1) is 20.7. The maximum Gasteiger partial charge on any atom is 0.223 e. The lowest BCUT2D eigenvalue weighted by atomic mass is 9.93. The molecule has 2 fully saturated rings. The van der Waals surface area contributed by atoms with Crippen LogP contribution >= 0.6 is 11.6 Å². The van der Waals surface area contributed by atoms with Crippen molar-refractivity contribution in [3.05, 3.63) is 41.7 Å². The van der Waals surface area contributed by atoms with Crippen molar-refractivity contribution in [2.24, 2.45) is 5.92 Å². The van der Waals surface area contributed by atoms with Crippen molar-refractivity contribution in [3.63, 3.8) is 0 Å². The van der Waals surface area contributed by atoms with E-state index in [0.717, 1.165) is 47.6 Å². The molecular weight excluding hydrogens is 408 g/mol. The molecule has 6 nitrogen and oxygen atoms in total. The van der Waals surface area contributed by atoms with E-state index in [0.29, 0.717) is 17.0 Å². The monoisotopic (exact) mass is 438 g/mol. The lowest BCUT2D eigenvalue weighted by Gasteiger charge is -2.23. The smallest absolute Gasteiger partial charge is 0.223 e. The number of hydrogen-bond donors (Lipinski definition) is 3. The third kappa shape index (κ3) is 4.86.